The average molecular weight is 367 g/mol. The quantitative estimate of drug-likeness (QED) is 0.389. The largest absolute Gasteiger partial charge is 0.411 e. The highest BCUT2D eigenvalue weighted by atomic mass is 16.6. The van der Waals surface area contributed by atoms with Crippen LogP contribution in [0.5, 0.6) is 0 Å². The summed E-state index contributed by atoms with van der Waals surface area (Å²) < 4.78 is 6.29. The highest BCUT2D eigenvalue weighted by Crippen LogP contribution is 2.80. The van der Waals surface area contributed by atoms with E-state index in [0.29, 0.717) is 11.8 Å². The molecule has 0 aromatic carbocycles. The number of ether oxygens (including phenoxy) is 1. The lowest BCUT2D eigenvalue weighted by Crippen LogP contribution is -2.55. The fourth-order valence-corrected chi connectivity index (χ4v) is 9.14. The predicted octanol–water partition coefficient (Wildman–Crippen LogP) is 3.74. The summed E-state index contributed by atoms with van der Waals surface area (Å²) in [5.41, 5.74) is 2.51. The Kier molecular flexibility index (Phi) is 2.75. The van der Waals surface area contributed by atoms with E-state index >= 15 is 0 Å². The molecule has 5 saturated carbocycles. The number of allylic oxidation sites excluding steroid dienone is 2. The van der Waals surface area contributed by atoms with Gasteiger partial charge < -0.3 is 15.1 Å². The molecule has 7 aliphatic rings. The van der Waals surface area contributed by atoms with Crippen LogP contribution in [-0.2, 0) is 4.74 Å². The van der Waals surface area contributed by atoms with Crippen LogP contribution in [0, 0.1) is 52.8 Å². The zero-order valence-electron chi connectivity index (χ0n) is 15.9. The fraction of sp³-hybridized carbons (Fsp3) is 0.783. The first-order valence-electron chi connectivity index (χ1n) is 11.0. The van der Waals surface area contributed by atoms with Gasteiger partial charge in [0, 0.05) is 5.41 Å². The second kappa shape index (κ2) is 4.71. The van der Waals surface area contributed by atoms with Gasteiger partial charge in [-0.2, -0.15) is 0 Å². The fourth-order valence-electron chi connectivity index (χ4n) is 9.14. The van der Waals surface area contributed by atoms with E-state index in [1.165, 1.54) is 32.1 Å². The van der Waals surface area contributed by atoms with Crippen molar-refractivity contribution in [2.75, 3.05) is 0 Å². The molecule has 5 fully saturated rings. The molecule has 0 radical (unpaired) electrons. The second-order valence-electron chi connectivity index (χ2n) is 10.8. The smallest absolute Gasteiger partial charge is 0.175 e. The Morgan fingerprint density at radius 1 is 1.15 bits per heavy atom. The molecular formula is C23H29NO3. The van der Waals surface area contributed by atoms with Gasteiger partial charge in [0.1, 0.15) is 0 Å². The molecule has 0 aromatic rings. The van der Waals surface area contributed by atoms with Crippen molar-refractivity contribution in [3.63, 3.8) is 0 Å². The summed E-state index contributed by atoms with van der Waals surface area (Å²) >= 11 is 0. The van der Waals surface area contributed by atoms with Crippen LogP contribution < -0.4 is 0 Å². The summed E-state index contributed by atoms with van der Waals surface area (Å²) in [5.74, 6) is 6.16. The van der Waals surface area contributed by atoms with Gasteiger partial charge in [0.25, 0.3) is 0 Å². The van der Waals surface area contributed by atoms with Crippen molar-refractivity contribution in [3.05, 3.63) is 23.8 Å². The highest BCUT2D eigenvalue weighted by molar-refractivity contribution is 5.96. The molecule has 7 rings (SSSR count). The van der Waals surface area contributed by atoms with Crippen LogP contribution in [0.2, 0.25) is 0 Å². The minimum Gasteiger partial charge on any atom is -0.411 e. The number of rotatable bonds is 0. The monoisotopic (exact) mass is 367 g/mol. The number of hydrogen-bond acceptors (Lipinski definition) is 4. The van der Waals surface area contributed by atoms with Crippen molar-refractivity contribution < 1.29 is 15.1 Å². The average Bonchev–Trinajstić information content (AvgIpc) is 3.58. The zero-order valence-corrected chi connectivity index (χ0v) is 15.9. The first kappa shape index (κ1) is 15.8. The van der Waals surface area contributed by atoms with Crippen molar-refractivity contribution in [2.24, 2.45) is 57.9 Å². The molecule has 0 bridgehead atoms. The van der Waals surface area contributed by atoms with Crippen LogP contribution >= 0.6 is 0 Å². The molecule has 0 saturated heterocycles. The minimum atomic E-state index is -0.705. The van der Waals surface area contributed by atoms with Crippen LogP contribution in [0.25, 0.3) is 0 Å². The summed E-state index contributed by atoms with van der Waals surface area (Å²) in [5, 5.41) is 22.9. The predicted molar refractivity (Wildman–Crippen MR) is 100.0 cm³/mol. The van der Waals surface area contributed by atoms with Gasteiger partial charge in [-0.1, -0.05) is 23.7 Å². The first-order valence-corrected chi connectivity index (χ1v) is 11.0. The SMILES string of the molecule is C[C@]12CCC3C(C1[C@H]1C[C@H]1[C@@]21C=CC(O)O1)[C@@H]1C[C@@H]1C1=C/C(=N/O)CC[C@@H]13. The molecule has 144 valence electrons. The summed E-state index contributed by atoms with van der Waals surface area (Å²) in [4.78, 5) is 0. The summed E-state index contributed by atoms with van der Waals surface area (Å²) in [7, 11) is 0. The molecule has 1 aliphatic heterocycles. The van der Waals surface area contributed by atoms with Gasteiger partial charge in [0.2, 0.25) is 0 Å². The van der Waals surface area contributed by atoms with Gasteiger partial charge in [-0.15, -0.1) is 0 Å². The van der Waals surface area contributed by atoms with Gasteiger partial charge in [-0.3, -0.25) is 0 Å². The second-order valence-corrected chi connectivity index (χ2v) is 10.8. The third-order valence-electron chi connectivity index (χ3n) is 10.1. The van der Waals surface area contributed by atoms with E-state index in [0.717, 1.165) is 47.6 Å². The zero-order chi connectivity index (χ0) is 18.1. The van der Waals surface area contributed by atoms with Crippen molar-refractivity contribution in [3.8, 4) is 0 Å². The van der Waals surface area contributed by atoms with Gasteiger partial charge in [-0.05, 0) is 98.0 Å². The highest BCUT2D eigenvalue weighted by Gasteiger charge is 2.78. The van der Waals surface area contributed by atoms with Gasteiger partial charge in [0.05, 0.1) is 11.3 Å². The molecule has 27 heavy (non-hydrogen) atoms. The van der Waals surface area contributed by atoms with Gasteiger partial charge in [-0.25, -0.2) is 0 Å². The van der Waals surface area contributed by atoms with Crippen molar-refractivity contribution in [2.45, 2.75) is 57.3 Å². The number of nitrogens with zero attached hydrogens (tertiary/aromatic N) is 1. The van der Waals surface area contributed by atoms with E-state index in [-0.39, 0.29) is 11.0 Å². The number of fused-ring (bicyclic) bond motifs is 12. The van der Waals surface area contributed by atoms with Crippen molar-refractivity contribution in [1.29, 1.82) is 0 Å². The molecule has 6 aliphatic carbocycles. The topological polar surface area (TPSA) is 62.0 Å². The maximum Gasteiger partial charge on any atom is 0.175 e. The lowest BCUT2D eigenvalue weighted by molar-refractivity contribution is -0.195. The lowest BCUT2D eigenvalue weighted by atomic mass is 9.49. The maximum absolute atomic E-state index is 10.1. The molecular weight excluding hydrogens is 338 g/mol. The molecule has 4 nitrogen and oxygen atoms in total. The molecule has 2 N–H and O–H groups in total. The molecule has 4 unspecified atom stereocenters. The number of aliphatic hydroxyl groups excluding tert-OH is 1. The molecule has 0 amide bonds. The van der Waals surface area contributed by atoms with E-state index in [4.69, 9.17) is 4.74 Å². The molecule has 11 atom stereocenters. The van der Waals surface area contributed by atoms with Crippen LogP contribution in [0.15, 0.2) is 29.0 Å². The van der Waals surface area contributed by atoms with Crippen LogP contribution in [0.1, 0.15) is 45.4 Å². The number of aliphatic hydroxyl groups is 1. The Morgan fingerprint density at radius 2 is 2.04 bits per heavy atom. The Hall–Kier alpha value is -1.13. The number of hydrogen-bond donors (Lipinski definition) is 2. The Labute approximate surface area is 160 Å². The first-order chi connectivity index (χ1) is 13.1. The summed E-state index contributed by atoms with van der Waals surface area (Å²) in [6.07, 6.45) is 13.0. The minimum absolute atomic E-state index is 0.191. The molecule has 1 spiro atoms. The Bertz CT molecular complexity index is 816. The Morgan fingerprint density at radius 3 is 2.81 bits per heavy atom. The molecule has 4 heteroatoms. The summed E-state index contributed by atoms with van der Waals surface area (Å²) in [6.45, 7) is 2.49. The molecule has 0 aromatic heterocycles. The number of oxime groups is 1. The van der Waals surface area contributed by atoms with E-state index in [2.05, 4.69) is 24.2 Å². The van der Waals surface area contributed by atoms with Gasteiger partial charge >= 0.3 is 0 Å². The maximum atomic E-state index is 10.1. The Balaban J connectivity index is 1.29. The lowest BCUT2D eigenvalue weighted by Gasteiger charge is -2.57. The normalized spacial score (nSPS) is 63.1. The van der Waals surface area contributed by atoms with Gasteiger partial charge in [0.15, 0.2) is 6.29 Å². The van der Waals surface area contributed by atoms with Crippen molar-refractivity contribution >= 4 is 5.71 Å². The molecule has 1 heterocycles. The standard InChI is InChI=1S/C23H29NO3/c1-22-6-4-13-12-3-2-11(24-26)8-14(12)15-9-16(15)20(13)21(22)17-10-18(17)23(22)7-5-19(25)27-23/h5,7-8,12-13,15-21,25-26H,2-4,6,9-10H2,1H3/b24-11+/t12-,13?,15-,16-,17+,18-,19?,20?,21?,22+,23+/m1/s1. The van der Waals surface area contributed by atoms with E-state index in [1.54, 1.807) is 5.57 Å². The van der Waals surface area contributed by atoms with E-state index < -0.39 is 6.29 Å². The van der Waals surface area contributed by atoms with E-state index in [9.17, 15) is 10.3 Å². The van der Waals surface area contributed by atoms with Crippen LogP contribution in [0.4, 0.5) is 0 Å². The third kappa shape index (κ3) is 1.68. The van der Waals surface area contributed by atoms with Crippen molar-refractivity contribution in [1.82, 2.24) is 0 Å². The summed E-state index contributed by atoms with van der Waals surface area (Å²) in [6, 6.07) is 0. The third-order valence-corrected chi connectivity index (χ3v) is 10.1. The van der Waals surface area contributed by atoms with Crippen LogP contribution in [0.3, 0.4) is 0 Å². The van der Waals surface area contributed by atoms with E-state index in [1.807, 2.05) is 6.08 Å². The van der Waals surface area contributed by atoms with Crippen LogP contribution in [-0.4, -0.2) is 27.9 Å².